The lowest BCUT2D eigenvalue weighted by Crippen LogP contribution is -2.38. The molecule has 0 unspecified atom stereocenters. The molecule has 19 heavy (non-hydrogen) atoms. The van der Waals surface area contributed by atoms with Crippen LogP contribution in [-0.4, -0.2) is 40.8 Å². The second-order valence-corrected chi connectivity index (χ2v) is 5.66. The second-order valence-electron chi connectivity index (χ2n) is 5.66. The van der Waals surface area contributed by atoms with E-state index in [2.05, 4.69) is 16.8 Å². The Hall–Kier alpha value is -1.13. The standard InChI is InChI=1S/C15H26N2O2/c1-7-17(10-15(4,5)18)9-13-12(3)14(19-6)11(2)8-16-13/h8,18H,7,9-10H2,1-6H3. The fourth-order valence-corrected chi connectivity index (χ4v) is 2.27. The average molecular weight is 266 g/mol. The maximum absolute atomic E-state index is 9.92. The van der Waals surface area contributed by atoms with Crippen LogP contribution in [0.1, 0.15) is 37.6 Å². The summed E-state index contributed by atoms with van der Waals surface area (Å²) in [6, 6.07) is 0. The molecule has 0 spiro atoms. The van der Waals surface area contributed by atoms with Crippen molar-refractivity contribution < 1.29 is 9.84 Å². The third-order valence-electron chi connectivity index (χ3n) is 3.18. The number of hydrogen-bond donors (Lipinski definition) is 1. The van der Waals surface area contributed by atoms with Crippen LogP contribution in [-0.2, 0) is 6.54 Å². The molecule has 0 bridgehead atoms. The van der Waals surface area contributed by atoms with Crippen molar-refractivity contribution in [3.05, 3.63) is 23.0 Å². The van der Waals surface area contributed by atoms with Crippen LogP contribution in [0.2, 0.25) is 0 Å². The van der Waals surface area contributed by atoms with Crippen LogP contribution >= 0.6 is 0 Å². The van der Waals surface area contributed by atoms with E-state index in [-0.39, 0.29) is 0 Å². The third-order valence-corrected chi connectivity index (χ3v) is 3.18. The maximum Gasteiger partial charge on any atom is 0.128 e. The van der Waals surface area contributed by atoms with Crippen molar-refractivity contribution >= 4 is 0 Å². The molecule has 0 aliphatic carbocycles. The van der Waals surface area contributed by atoms with Gasteiger partial charge in [-0.1, -0.05) is 6.92 Å². The van der Waals surface area contributed by atoms with Gasteiger partial charge in [-0.15, -0.1) is 0 Å². The van der Waals surface area contributed by atoms with E-state index in [0.717, 1.165) is 35.7 Å². The van der Waals surface area contributed by atoms with Gasteiger partial charge in [-0.25, -0.2) is 0 Å². The number of methoxy groups -OCH3 is 1. The van der Waals surface area contributed by atoms with Gasteiger partial charge in [-0.3, -0.25) is 9.88 Å². The van der Waals surface area contributed by atoms with Crippen LogP contribution in [0.15, 0.2) is 6.20 Å². The number of rotatable bonds is 6. The third kappa shape index (κ3) is 4.48. The fraction of sp³-hybridized carbons (Fsp3) is 0.667. The highest BCUT2D eigenvalue weighted by Crippen LogP contribution is 2.25. The van der Waals surface area contributed by atoms with Gasteiger partial charge in [0, 0.05) is 30.4 Å². The predicted octanol–water partition coefficient (Wildman–Crippen LogP) is 2.30. The summed E-state index contributed by atoms with van der Waals surface area (Å²) in [7, 11) is 1.69. The quantitative estimate of drug-likeness (QED) is 0.858. The molecule has 0 aromatic carbocycles. The molecule has 1 aromatic rings. The van der Waals surface area contributed by atoms with E-state index < -0.39 is 5.60 Å². The molecule has 0 amide bonds. The van der Waals surface area contributed by atoms with Gasteiger partial charge >= 0.3 is 0 Å². The fourth-order valence-electron chi connectivity index (χ4n) is 2.27. The number of hydrogen-bond acceptors (Lipinski definition) is 4. The highest BCUT2D eigenvalue weighted by Gasteiger charge is 2.19. The van der Waals surface area contributed by atoms with E-state index in [4.69, 9.17) is 4.74 Å². The van der Waals surface area contributed by atoms with Crippen LogP contribution in [0.4, 0.5) is 0 Å². The normalized spacial score (nSPS) is 12.0. The minimum Gasteiger partial charge on any atom is -0.496 e. The summed E-state index contributed by atoms with van der Waals surface area (Å²) >= 11 is 0. The average Bonchev–Trinajstić information content (AvgIpc) is 2.30. The van der Waals surface area contributed by atoms with Crippen molar-refractivity contribution in [2.24, 2.45) is 0 Å². The van der Waals surface area contributed by atoms with Gasteiger partial charge in [0.05, 0.1) is 18.4 Å². The molecule has 4 nitrogen and oxygen atoms in total. The summed E-state index contributed by atoms with van der Waals surface area (Å²) in [4.78, 5) is 6.69. The van der Waals surface area contributed by atoms with Gasteiger partial charge in [-0.2, -0.15) is 0 Å². The number of likely N-dealkylation sites (N-methyl/N-ethyl adjacent to an activating group) is 1. The SMILES string of the molecule is CCN(Cc1ncc(C)c(OC)c1C)CC(C)(C)O. The maximum atomic E-state index is 9.92. The van der Waals surface area contributed by atoms with Crippen LogP contribution in [0.5, 0.6) is 5.75 Å². The van der Waals surface area contributed by atoms with Gasteiger partial charge < -0.3 is 9.84 Å². The molecular weight excluding hydrogens is 240 g/mol. The van der Waals surface area contributed by atoms with Crippen molar-refractivity contribution in [3.8, 4) is 5.75 Å². The first kappa shape index (κ1) is 15.9. The number of aryl methyl sites for hydroxylation is 1. The van der Waals surface area contributed by atoms with Crippen LogP contribution < -0.4 is 4.74 Å². The lowest BCUT2D eigenvalue weighted by atomic mass is 10.1. The van der Waals surface area contributed by atoms with Crippen molar-refractivity contribution in [1.29, 1.82) is 0 Å². The van der Waals surface area contributed by atoms with Crippen molar-refractivity contribution in [2.75, 3.05) is 20.2 Å². The largest absolute Gasteiger partial charge is 0.496 e. The van der Waals surface area contributed by atoms with Gasteiger partial charge in [0.2, 0.25) is 0 Å². The van der Waals surface area contributed by atoms with Crippen LogP contribution in [0.3, 0.4) is 0 Å². The number of nitrogens with zero attached hydrogens (tertiary/aromatic N) is 2. The van der Waals surface area contributed by atoms with Crippen molar-refractivity contribution in [1.82, 2.24) is 9.88 Å². The van der Waals surface area contributed by atoms with E-state index in [1.807, 2.05) is 33.9 Å². The molecule has 108 valence electrons. The molecule has 0 aliphatic rings. The molecule has 0 saturated carbocycles. The Kier molecular flexibility index (Phi) is 5.32. The van der Waals surface area contributed by atoms with Gasteiger partial charge in [0.25, 0.3) is 0 Å². The lowest BCUT2D eigenvalue weighted by molar-refractivity contribution is 0.0349. The predicted molar refractivity (Wildman–Crippen MR) is 77.5 cm³/mol. The van der Waals surface area contributed by atoms with Gasteiger partial charge in [-0.05, 0) is 34.2 Å². The Bertz CT molecular complexity index is 425. The zero-order valence-electron chi connectivity index (χ0n) is 12.9. The first-order chi connectivity index (χ1) is 8.78. The van der Waals surface area contributed by atoms with E-state index in [9.17, 15) is 5.11 Å². The van der Waals surface area contributed by atoms with Crippen LogP contribution in [0, 0.1) is 13.8 Å². The minimum atomic E-state index is -0.696. The number of aromatic nitrogens is 1. The van der Waals surface area contributed by atoms with Crippen molar-refractivity contribution in [2.45, 2.75) is 46.8 Å². The topological polar surface area (TPSA) is 45.6 Å². The van der Waals surface area contributed by atoms with Gasteiger partial charge in [0.1, 0.15) is 5.75 Å². The van der Waals surface area contributed by atoms with E-state index in [1.54, 1.807) is 7.11 Å². The highest BCUT2D eigenvalue weighted by atomic mass is 16.5. The molecule has 1 aromatic heterocycles. The van der Waals surface area contributed by atoms with Crippen LogP contribution in [0.25, 0.3) is 0 Å². The molecule has 0 saturated heterocycles. The molecule has 1 N–H and O–H groups in total. The number of ether oxygens (including phenoxy) is 1. The number of aliphatic hydroxyl groups is 1. The zero-order chi connectivity index (χ0) is 14.6. The first-order valence-corrected chi connectivity index (χ1v) is 6.72. The minimum absolute atomic E-state index is 0.626. The van der Waals surface area contributed by atoms with Gasteiger partial charge in [0.15, 0.2) is 0 Å². The molecule has 0 fully saturated rings. The smallest absolute Gasteiger partial charge is 0.128 e. The Balaban J connectivity index is 2.92. The molecule has 0 aliphatic heterocycles. The van der Waals surface area contributed by atoms with Crippen molar-refractivity contribution in [3.63, 3.8) is 0 Å². The second kappa shape index (κ2) is 6.35. The first-order valence-electron chi connectivity index (χ1n) is 6.72. The number of pyridine rings is 1. The Morgan fingerprint density at radius 3 is 2.47 bits per heavy atom. The summed E-state index contributed by atoms with van der Waals surface area (Å²) in [6.45, 7) is 12.0. The van der Waals surface area contributed by atoms with E-state index in [1.165, 1.54) is 0 Å². The Morgan fingerprint density at radius 1 is 1.37 bits per heavy atom. The highest BCUT2D eigenvalue weighted by molar-refractivity contribution is 5.41. The summed E-state index contributed by atoms with van der Waals surface area (Å²) in [5.74, 6) is 0.907. The molecule has 4 heteroatoms. The summed E-state index contributed by atoms with van der Waals surface area (Å²) in [6.07, 6.45) is 1.85. The van der Waals surface area contributed by atoms with E-state index in [0.29, 0.717) is 6.54 Å². The Labute approximate surface area is 116 Å². The lowest BCUT2D eigenvalue weighted by Gasteiger charge is -2.28. The summed E-state index contributed by atoms with van der Waals surface area (Å²) < 4.78 is 5.42. The van der Waals surface area contributed by atoms with E-state index >= 15 is 0 Å². The molecule has 1 rings (SSSR count). The molecule has 1 heterocycles. The molecular formula is C15H26N2O2. The summed E-state index contributed by atoms with van der Waals surface area (Å²) in [5, 5.41) is 9.92. The zero-order valence-corrected chi connectivity index (χ0v) is 12.9. The molecule has 0 atom stereocenters. The monoisotopic (exact) mass is 266 g/mol. The Morgan fingerprint density at radius 2 is 2.00 bits per heavy atom. The summed E-state index contributed by atoms with van der Waals surface area (Å²) in [5.41, 5.74) is 2.44. The molecule has 0 radical (unpaired) electrons.